The van der Waals surface area contributed by atoms with Crippen LogP contribution in [0.3, 0.4) is 0 Å². The molecule has 0 radical (unpaired) electrons. The molecule has 0 aliphatic heterocycles. The molecular weight excluding hydrogens is 206 g/mol. The molecule has 4 nitrogen and oxygen atoms in total. The van der Waals surface area contributed by atoms with E-state index in [9.17, 15) is 0 Å². The van der Waals surface area contributed by atoms with Crippen molar-refractivity contribution >= 4 is 5.71 Å². The average molecular weight is 223 g/mol. The largest absolute Gasteiger partial charge is 0.491 e. The lowest BCUT2D eigenvalue weighted by Crippen LogP contribution is -2.01. The molecule has 0 bridgehead atoms. The molecule has 1 rings (SSSR count). The van der Waals surface area contributed by atoms with Gasteiger partial charge in [-0.05, 0) is 37.5 Å². The fraction of sp³-hybridized carbons (Fsp3) is 0.417. The van der Waals surface area contributed by atoms with Crippen LogP contribution >= 0.6 is 0 Å². The Morgan fingerprint density at radius 3 is 2.56 bits per heavy atom. The van der Waals surface area contributed by atoms with Gasteiger partial charge in [0.1, 0.15) is 12.4 Å². The molecule has 2 N–H and O–H groups in total. The minimum Gasteiger partial charge on any atom is -0.491 e. The van der Waals surface area contributed by atoms with E-state index >= 15 is 0 Å². The lowest BCUT2D eigenvalue weighted by atomic mass is 10.1. The smallest absolute Gasteiger partial charge is 0.119 e. The molecule has 0 amide bonds. The van der Waals surface area contributed by atoms with Gasteiger partial charge < -0.3 is 15.1 Å². The van der Waals surface area contributed by atoms with E-state index in [0.29, 0.717) is 6.61 Å². The molecule has 1 aromatic carbocycles. The van der Waals surface area contributed by atoms with Crippen molar-refractivity contribution in [1.82, 2.24) is 0 Å². The molecule has 0 atom stereocenters. The highest BCUT2D eigenvalue weighted by Crippen LogP contribution is 2.13. The van der Waals surface area contributed by atoms with E-state index in [1.165, 1.54) is 5.56 Å². The predicted molar refractivity (Wildman–Crippen MR) is 62.2 cm³/mol. The van der Waals surface area contributed by atoms with Gasteiger partial charge in [-0.25, -0.2) is 0 Å². The van der Waals surface area contributed by atoms with Crippen LogP contribution < -0.4 is 4.74 Å². The topological polar surface area (TPSA) is 62.0 Å². The van der Waals surface area contributed by atoms with Crippen LogP contribution in [0.4, 0.5) is 0 Å². The molecule has 4 heteroatoms. The molecule has 1 aromatic rings. The highest BCUT2D eigenvalue weighted by Gasteiger charge is 1.97. The van der Waals surface area contributed by atoms with Gasteiger partial charge in [-0.3, -0.25) is 0 Å². The first-order valence-corrected chi connectivity index (χ1v) is 5.26. The van der Waals surface area contributed by atoms with Crippen molar-refractivity contribution < 1.29 is 15.1 Å². The zero-order valence-electron chi connectivity index (χ0n) is 9.39. The molecule has 0 saturated carbocycles. The molecule has 0 aliphatic carbocycles. The van der Waals surface area contributed by atoms with Gasteiger partial charge >= 0.3 is 0 Å². The molecule has 88 valence electrons. The summed E-state index contributed by atoms with van der Waals surface area (Å²) < 4.78 is 5.24. The van der Waals surface area contributed by atoms with Crippen molar-refractivity contribution in [3.8, 4) is 5.75 Å². The van der Waals surface area contributed by atoms with Crippen molar-refractivity contribution in [2.24, 2.45) is 5.16 Å². The first kappa shape index (κ1) is 12.5. The molecule has 0 saturated heterocycles. The Morgan fingerprint density at radius 1 is 1.31 bits per heavy atom. The van der Waals surface area contributed by atoms with Crippen LogP contribution in [0.1, 0.15) is 18.9 Å². The summed E-state index contributed by atoms with van der Waals surface area (Å²) in [7, 11) is 0. The van der Waals surface area contributed by atoms with E-state index in [0.717, 1.165) is 24.3 Å². The van der Waals surface area contributed by atoms with E-state index < -0.39 is 0 Å². The first-order valence-electron chi connectivity index (χ1n) is 5.26. The van der Waals surface area contributed by atoms with Gasteiger partial charge in [0.15, 0.2) is 0 Å². The number of rotatable bonds is 6. The Kier molecular flexibility index (Phi) is 5.36. The van der Waals surface area contributed by atoms with E-state index in [1.807, 2.05) is 24.3 Å². The summed E-state index contributed by atoms with van der Waals surface area (Å²) in [5, 5.41) is 20.2. The maximum Gasteiger partial charge on any atom is 0.119 e. The van der Waals surface area contributed by atoms with Gasteiger partial charge in [-0.2, -0.15) is 0 Å². The summed E-state index contributed by atoms with van der Waals surface area (Å²) in [4.78, 5) is 0. The minimum absolute atomic E-state index is 0.0217. The third-order valence-corrected chi connectivity index (χ3v) is 2.23. The number of nitrogens with zero attached hydrogens (tertiary/aromatic N) is 1. The van der Waals surface area contributed by atoms with Crippen LogP contribution in [0.5, 0.6) is 5.75 Å². The number of hydrogen-bond donors (Lipinski definition) is 2. The average Bonchev–Trinajstić information content (AvgIpc) is 2.34. The quantitative estimate of drug-likeness (QED) is 0.439. The molecule has 0 spiro atoms. The highest BCUT2D eigenvalue weighted by atomic mass is 16.5. The Hall–Kier alpha value is -1.55. The molecule has 0 heterocycles. The van der Waals surface area contributed by atoms with Gasteiger partial charge in [-0.1, -0.05) is 17.3 Å². The number of oxime groups is 1. The summed E-state index contributed by atoms with van der Waals surface area (Å²) in [5.41, 5.74) is 1.89. The zero-order valence-corrected chi connectivity index (χ0v) is 9.39. The fourth-order valence-corrected chi connectivity index (χ4v) is 1.29. The second-order valence-corrected chi connectivity index (χ2v) is 3.55. The van der Waals surface area contributed by atoms with Gasteiger partial charge in [0.2, 0.25) is 0 Å². The monoisotopic (exact) mass is 223 g/mol. The number of aliphatic hydroxyl groups excluding tert-OH is 1. The number of aliphatic hydroxyl groups is 1. The summed E-state index contributed by atoms with van der Waals surface area (Å²) in [6.07, 6.45) is 1.59. The predicted octanol–water partition coefficient (Wildman–Crippen LogP) is 1.84. The lowest BCUT2D eigenvalue weighted by Gasteiger charge is -2.05. The van der Waals surface area contributed by atoms with Crippen LogP contribution in [-0.4, -0.2) is 29.2 Å². The van der Waals surface area contributed by atoms with Crippen molar-refractivity contribution in [3.05, 3.63) is 29.8 Å². The van der Waals surface area contributed by atoms with Gasteiger partial charge in [-0.15, -0.1) is 0 Å². The van der Waals surface area contributed by atoms with Crippen LogP contribution in [-0.2, 0) is 6.42 Å². The summed E-state index contributed by atoms with van der Waals surface area (Å²) in [6.45, 7) is 2.13. The highest BCUT2D eigenvalue weighted by molar-refractivity contribution is 5.81. The third-order valence-electron chi connectivity index (χ3n) is 2.23. The second kappa shape index (κ2) is 6.85. The summed E-state index contributed by atoms with van der Waals surface area (Å²) >= 11 is 0. The number of benzene rings is 1. The normalized spacial score (nSPS) is 11.5. The number of hydrogen-bond acceptors (Lipinski definition) is 4. The maximum atomic E-state index is 8.59. The maximum absolute atomic E-state index is 8.59. The van der Waals surface area contributed by atoms with Crippen LogP contribution in [0.15, 0.2) is 29.4 Å². The first-order chi connectivity index (χ1) is 7.76. The molecule has 0 aliphatic rings. The Morgan fingerprint density at radius 2 is 2.00 bits per heavy atom. The fourth-order valence-electron chi connectivity index (χ4n) is 1.29. The Labute approximate surface area is 95.2 Å². The van der Waals surface area contributed by atoms with E-state index in [-0.39, 0.29) is 6.61 Å². The molecule has 0 aromatic heterocycles. The van der Waals surface area contributed by atoms with Crippen LogP contribution in [0, 0.1) is 0 Å². The molecule has 0 unspecified atom stereocenters. The van der Waals surface area contributed by atoms with E-state index in [2.05, 4.69) is 5.16 Å². The minimum atomic E-state index is 0.0217. The van der Waals surface area contributed by atoms with Crippen molar-refractivity contribution in [2.45, 2.75) is 19.8 Å². The van der Waals surface area contributed by atoms with E-state index in [4.69, 9.17) is 15.1 Å². The number of aryl methyl sites for hydroxylation is 1. The van der Waals surface area contributed by atoms with Crippen molar-refractivity contribution in [2.75, 3.05) is 13.2 Å². The second-order valence-electron chi connectivity index (χ2n) is 3.55. The zero-order chi connectivity index (χ0) is 11.8. The third kappa shape index (κ3) is 4.31. The van der Waals surface area contributed by atoms with E-state index in [1.54, 1.807) is 6.92 Å². The molecular formula is C12H17NO3. The number of ether oxygens (including phenoxy) is 1. The lowest BCUT2D eigenvalue weighted by molar-refractivity contribution is 0.201. The standard InChI is InChI=1S/C12H17NO3/c1-10(13-15)2-3-11-4-6-12(7-5-11)16-9-8-14/h4-7,14-15H,2-3,8-9H2,1H3/b13-10+. The summed E-state index contributed by atoms with van der Waals surface area (Å²) in [6, 6.07) is 7.68. The van der Waals surface area contributed by atoms with Gasteiger partial charge in [0.05, 0.1) is 12.3 Å². The van der Waals surface area contributed by atoms with Gasteiger partial charge in [0.25, 0.3) is 0 Å². The van der Waals surface area contributed by atoms with Gasteiger partial charge in [0, 0.05) is 0 Å². The molecule has 0 fully saturated rings. The Balaban J connectivity index is 2.45. The summed E-state index contributed by atoms with van der Waals surface area (Å²) in [5.74, 6) is 0.755. The van der Waals surface area contributed by atoms with Crippen molar-refractivity contribution in [3.63, 3.8) is 0 Å². The van der Waals surface area contributed by atoms with Crippen LogP contribution in [0.25, 0.3) is 0 Å². The SMILES string of the molecule is C/C(CCc1ccc(OCCO)cc1)=N\O. The van der Waals surface area contributed by atoms with Crippen LogP contribution in [0.2, 0.25) is 0 Å². The van der Waals surface area contributed by atoms with Crippen molar-refractivity contribution in [1.29, 1.82) is 0 Å². The Bertz CT molecular complexity index is 333. The molecule has 16 heavy (non-hydrogen) atoms.